The molecule has 6 nitrogen and oxygen atoms in total. The van der Waals surface area contributed by atoms with Crippen molar-refractivity contribution in [2.24, 2.45) is 0 Å². The summed E-state index contributed by atoms with van der Waals surface area (Å²) in [5, 5.41) is 0. The molecular formula is C14H15NO5. The fraction of sp³-hybridized carbons (Fsp3) is 0.214. The molecule has 0 spiro atoms. The third-order valence-corrected chi connectivity index (χ3v) is 2.42. The van der Waals surface area contributed by atoms with Gasteiger partial charge in [-0.25, -0.2) is 9.59 Å². The van der Waals surface area contributed by atoms with Crippen LogP contribution in [0.1, 0.15) is 6.92 Å². The van der Waals surface area contributed by atoms with E-state index in [0.717, 1.165) is 18.1 Å². The molecule has 0 fully saturated rings. The number of hydrogen-bond acceptors (Lipinski definition) is 5. The van der Waals surface area contributed by atoms with Crippen LogP contribution < -0.4 is 4.90 Å². The van der Waals surface area contributed by atoms with Gasteiger partial charge in [-0.1, -0.05) is 18.2 Å². The first-order chi connectivity index (χ1) is 9.51. The molecule has 0 saturated heterocycles. The van der Waals surface area contributed by atoms with Crippen molar-refractivity contribution in [2.75, 3.05) is 19.1 Å². The van der Waals surface area contributed by atoms with E-state index in [2.05, 4.69) is 9.47 Å². The first-order valence-electron chi connectivity index (χ1n) is 5.75. The van der Waals surface area contributed by atoms with Gasteiger partial charge in [-0.3, -0.25) is 9.69 Å². The second-order valence-electron chi connectivity index (χ2n) is 3.73. The minimum Gasteiger partial charge on any atom is -0.466 e. The fourth-order valence-corrected chi connectivity index (χ4v) is 1.56. The second kappa shape index (κ2) is 7.08. The van der Waals surface area contributed by atoms with Gasteiger partial charge in [-0.2, -0.15) is 0 Å². The Morgan fingerprint density at radius 3 is 2.10 bits per heavy atom. The van der Waals surface area contributed by atoms with Crippen molar-refractivity contribution in [3.63, 3.8) is 0 Å². The smallest absolute Gasteiger partial charge is 0.355 e. The largest absolute Gasteiger partial charge is 0.466 e. The first kappa shape index (κ1) is 15.4. The van der Waals surface area contributed by atoms with E-state index in [1.807, 2.05) is 0 Å². The van der Waals surface area contributed by atoms with Crippen LogP contribution in [0.5, 0.6) is 0 Å². The predicted molar refractivity (Wildman–Crippen MR) is 71.7 cm³/mol. The van der Waals surface area contributed by atoms with Gasteiger partial charge in [0.25, 0.3) is 0 Å². The van der Waals surface area contributed by atoms with E-state index >= 15 is 0 Å². The van der Waals surface area contributed by atoms with E-state index < -0.39 is 17.8 Å². The lowest BCUT2D eigenvalue weighted by Gasteiger charge is -2.22. The molecule has 0 aromatic heterocycles. The number of hydrogen-bond donors (Lipinski definition) is 0. The zero-order valence-corrected chi connectivity index (χ0v) is 11.5. The number of methoxy groups -OCH3 is 2. The van der Waals surface area contributed by atoms with Crippen molar-refractivity contribution in [2.45, 2.75) is 6.92 Å². The van der Waals surface area contributed by atoms with Gasteiger partial charge in [-0.05, 0) is 12.1 Å². The zero-order valence-electron chi connectivity index (χ0n) is 11.5. The summed E-state index contributed by atoms with van der Waals surface area (Å²) in [6.45, 7) is 1.28. The highest BCUT2D eigenvalue weighted by Crippen LogP contribution is 2.20. The lowest BCUT2D eigenvalue weighted by molar-refractivity contribution is -0.139. The molecule has 1 amide bonds. The summed E-state index contributed by atoms with van der Waals surface area (Å²) >= 11 is 0. The van der Waals surface area contributed by atoms with Crippen LogP contribution >= 0.6 is 0 Å². The van der Waals surface area contributed by atoms with E-state index in [-0.39, 0.29) is 5.70 Å². The Morgan fingerprint density at radius 1 is 1.05 bits per heavy atom. The first-order valence-corrected chi connectivity index (χ1v) is 5.75. The van der Waals surface area contributed by atoms with E-state index in [0.29, 0.717) is 5.69 Å². The maximum Gasteiger partial charge on any atom is 0.355 e. The van der Waals surface area contributed by atoms with Crippen LogP contribution in [0.3, 0.4) is 0 Å². The molecule has 0 bridgehead atoms. The second-order valence-corrected chi connectivity index (χ2v) is 3.73. The van der Waals surface area contributed by atoms with Crippen LogP contribution in [0.25, 0.3) is 0 Å². The van der Waals surface area contributed by atoms with Gasteiger partial charge < -0.3 is 9.47 Å². The molecule has 0 aliphatic rings. The lowest BCUT2D eigenvalue weighted by atomic mass is 10.2. The SMILES string of the molecule is COC(=O)/C=C(\C(=O)OC)N(C(C)=O)c1ccccc1. The average molecular weight is 277 g/mol. The van der Waals surface area contributed by atoms with Crippen molar-refractivity contribution in [3.05, 3.63) is 42.1 Å². The molecule has 0 aliphatic heterocycles. The monoisotopic (exact) mass is 277 g/mol. The Kier molecular flexibility index (Phi) is 5.46. The van der Waals surface area contributed by atoms with Gasteiger partial charge in [0.15, 0.2) is 0 Å². The number of rotatable bonds is 4. The van der Waals surface area contributed by atoms with Crippen molar-refractivity contribution >= 4 is 23.5 Å². The Hall–Kier alpha value is -2.63. The normalized spacial score (nSPS) is 10.7. The summed E-state index contributed by atoms with van der Waals surface area (Å²) < 4.78 is 9.08. The highest BCUT2D eigenvalue weighted by atomic mass is 16.5. The number of nitrogens with zero attached hydrogens (tertiary/aromatic N) is 1. The molecule has 0 saturated carbocycles. The summed E-state index contributed by atoms with van der Waals surface area (Å²) in [6, 6.07) is 8.45. The standard InChI is InChI=1S/C14H15NO5/c1-10(16)15(11-7-5-4-6-8-11)12(14(18)20-3)9-13(17)19-2/h4-9H,1-3H3/b12-9+. The van der Waals surface area contributed by atoms with Gasteiger partial charge in [-0.15, -0.1) is 0 Å². The predicted octanol–water partition coefficient (Wildman–Crippen LogP) is 1.27. The van der Waals surface area contributed by atoms with Crippen LogP contribution in [-0.4, -0.2) is 32.1 Å². The molecule has 0 aliphatic carbocycles. The average Bonchev–Trinajstić information content (AvgIpc) is 2.46. The lowest BCUT2D eigenvalue weighted by Crippen LogP contribution is -2.33. The topological polar surface area (TPSA) is 72.9 Å². The summed E-state index contributed by atoms with van der Waals surface area (Å²) in [6.07, 6.45) is 0.917. The van der Waals surface area contributed by atoms with E-state index in [4.69, 9.17) is 0 Å². The number of carbonyl (C=O) groups is 3. The maximum absolute atomic E-state index is 11.8. The van der Waals surface area contributed by atoms with Crippen LogP contribution in [0.4, 0.5) is 5.69 Å². The quantitative estimate of drug-likeness (QED) is 0.612. The number of para-hydroxylation sites is 1. The number of esters is 2. The van der Waals surface area contributed by atoms with Crippen molar-refractivity contribution in [1.29, 1.82) is 0 Å². The van der Waals surface area contributed by atoms with E-state index in [1.165, 1.54) is 14.0 Å². The number of carbonyl (C=O) groups excluding carboxylic acids is 3. The molecule has 6 heteroatoms. The van der Waals surface area contributed by atoms with Crippen molar-refractivity contribution in [3.8, 4) is 0 Å². The van der Waals surface area contributed by atoms with E-state index in [9.17, 15) is 14.4 Å². The summed E-state index contributed by atoms with van der Waals surface area (Å²) in [5.74, 6) is -2.00. The van der Waals surface area contributed by atoms with Gasteiger partial charge in [0.1, 0.15) is 5.70 Å². The molecule has 1 aromatic rings. The fourth-order valence-electron chi connectivity index (χ4n) is 1.56. The number of amides is 1. The number of ether oxygens (including phenoxy) is 2. The minimum absolute atomic E-state index is 0.210. The molecule has 0 radical (unpaired) electrons. The highest BCUT2D eigenvalue weighted by molar-refractivity contribution is 6.08. The van der Waals surface area contributed by atoms with Crippen molar-refractivity contribution in [1.82, 2.24) is 0 Å². The minimum atomic E-state index is -0.811. The number of benzene rings is 1. The van der Waals surface area contributed by atoms with Crippen LogP contribution in [0.15, 0.2) is 42.1 Å². The van der Waals surface area contributed by atoms with Gasteiger partial charge in [0.05, 0.1) is 20.3 Å². The van der Waals surface area contributed by atoms with Crippen LogP contribution in [0, 0.1) is 0 Å². The molecule has 0 unspecified atom stereocenters. The molecule has 1 rings (SSSR count). The summed E-state index contributed by atoms with van der Waals surface area (Å²) in [7, 11) is 2.34. The Morgan fingerprint density at radius 2 is 1.65 bits per heavy atom. The number of anilines is 1. The van der Waals surface area contributed by atoms with Crippen LogP contribution in [0.2, 0.25) is 0 Å². The van der Waals surface area contributed by atoms with Crippen LogP contribution in [-0.2, 0) is 23.9 Å². The Balaban J connectivity index is 3.33. The molecule has 0 heterocycles. The van der Waals surface area contributed by atoms with Crippen molar-refractivity contribution < 1.29 is 23.9 Å². The molecule has 0 N–H and O–H groups in total. The van der Waals surface area contributed by atoms with Gasteiger partial charge >= 0.3 is 11.9 Å². The van der Waals surface area contributed by atoms with E-state index in [1.54, 1.807) is 30.3 Å². The molecule has 106 valence electrons. The maximum atomic E-state index is 11.8. The third-order valence-electron chi connectivity index (χ3n) is 2.42. The highest BCUT2D eigenvalue weighted by Gasteiger charge is 2.24. The Labute approximate surface area is 116 Å². The Bertz CT molecular complexity index is 536. The molecule has 0 atom stereocenters. The third kappa shape index (κ3) is 3.68. The molecule has 1 aromatic carbocycles. The van der Waals surface area contributed by atoms with Gasteiger partial charge in [0, 0.05) is 12.6 Å². The molecular weight excluding hydrogens is 262 g/mol. The molecule has 20 heavy (non-hydrogen) atoms. The van der Waals surface area contributed by atoms with Gasteiger partial charge in [0.2, 0.25) is 5.91 Å². The summed E-state index contributed by atoms with van der Waals surface area (Å²) in [4.78, 5) is 36.0. The zero-order chi connectivity index (χ0) is 15.1. The summed E-state index contributed by atoms with van der Waals surface area (Å²) in [5.41, 5.74) is 0.235.